The Kier molecular flexibility index (Phi) is 1.97. The molecule has 4 nitrogen and oxygen atoms in total. The van der Waals surface area contributed by atoms with Gasteiger partial charge < -0.3 is 9.47 Å². The fourth-order valence-electron chi connectivity index (χ4n) is 5.28. The van der Waals surface area contributed by atoms with Gasteiger partial charge in [-0.05, 0) is 55.8 Å². The Morgan fingerprint density at radius 1 is 1.00 bits per heavy atom. The molecule has 0 amide bonds. The molecule has 0 unspecified atom stereocenters. The van der Waals surface area contributed by atoms with Gasteiger partial charge in [0.2, 0.25) is 6.79 Å². The standard InChI is InChI=1S/C14H18O4/c15-11-5-6-13-7-14(13,12(16)18-8-17-11)10-3-1-9(13)2-4-10/h9-10H,1-8H2/t9?,10?,13-,14-/m1/s1. The molecule has 98 valence electrons. The summed E-state index contributed by atoms with van der Waals surface area (Å²) in [6.45, 7) is -0.188. The van der Waals surface area contributed by atoms with E-state index >= 15 is 0 Å². The summed E-state index contributed by atoms with van der Waals surface area (Å²) in [7, 11) is 0. The average molecular weight is 250 g/mol. The van der Waals surface area contributed by atoms with Gasteiger partial charge >= 0.3 is 11.9 Å². The summed E-state index contributed by atoms with van der Waals surface area (Å²) in [5.41, 5.74) is -0.170. The van der Waals surface area contributed by atoms with Crippen LogP contribution in [0.2, 0.25) is 0 Å². The third-order valence-corrected chi connectivity index (χ3v) is 6.11. The van der Waals surface area contributed by atoms with E-state index in [1.807, 2.05) is 0 Å². The van der Waals surface area contributed by atoms with Crippen molar-refractivity contribution in [2.45, 2.75) is 44.9 Å². The van der Waals surface area contributed by atoms with E-state index in [1.54, 1.807) is 0 Å². The predicted molar refractivity (Wildman–Crippen MR) is 61.2 cm³/mol. The number of carbonyl (C=O) groups excluding carboxylic acids is 2. The van der Waals surface area contributed by atoms with Crippen molar-refractivity contribution >= 4 is 11.9 Å². The Labute approximate surface area is 106 Å². The monoisotopic (exact) mass is 250 g/mol. The first-order valence-corrected chi connectivity index (χ1v) is 7.02. The van der Waals surface area contributed by atoms with Crippen LogP contribution < -0.4 is 0 Å². The molecule has 5 fully saturated rings. The maximum Gasteiger partial charge on any atom is 0.315 e. The average Bonchev–Trinajstić information content (AvgIpc) is 3.11. The van der Waals surface area contributed by atoms with E-state index in [4.69, 9.17) is 9.47 Å². The maximum atomic E-state index is 12.4. The fraction of sp³-hybridized carbons (Fsp3) is 0.857. The summed E-state index contributed by atoms with van der Waals surface area (Å²) in [4.78, 5) is 23.9. The van der Waals surface area contributed by atoms with E-state index in [-0.39, 0.29) is 29.6 Å². The molecule has 0 spiro atoms. The molecule has 2 bridgehead atoms. The molecule has 0 radical (unpaired) electrons. The lowest BCUT2D eigenvalue weighted by molar-refractivity contribution is -0.174. The van der Waals surface area contributed by atoms with Crippen LogP contribution in [0.1, 0.15) is 44.9 Å². The summed E-state index contributed by atoms with van der Waals surface area (Å²) in [6.07, 6.45) is 7.02. The zero-order chi connectivity index (χ0) is 12.4. The number of hydrogen-bond acceptors (Lipinski definition) is 4. The van der Waals surface area contributed by atoms with E-state index in [1.165, 1.54) is 12.8 Å². The second-order valence-corrected chi connectivity index (χ2v) is 6.42. The Morgan fingerprint density at radius 3 is 2.50 bits per heavy atom. The molecule has 2 atom stereocenters. The van der Waals surface area contributed by atoms with Crippen molar-refractivity contribution in [1.29, 1.82) is 0 Å². The van der Waals surface area contributed by atoms with Crippen molar-refractivity contribution in [3.63, 3.8) is 0 Å². The second-order valence-electron chi connectivity index (χ2n) is 6.42. The van der Waals surface area contributed by atoms with Crippen LogP contribution in [0.5, 0.6) is 0 Å². The van der Waals surface area contributed by atoms with Crippen LogP contribution in [0.25, 0.3) is 0 Å². The second kappa shape index (κ2) is 3.28. The van der Waals surface area contributed by atoms with Crippen molar-refractivity contribution in [1.82, 2.24) is 0 Å². The molecule has 5 aliphatic rings. The van der Waals surface area contributed by atoms with Gasteiger partial charge in [-0.1, -0.05) is 0 Å². The zero-order valence-electron chi connectivity index (χ0n) is 10.4. The highest BCUT2D eigenvalue weighted by atomic mass is 16.7. The van der Waals surface area contributed by atoms with Crippen molar-refractivity contribution in [2.75, 3.05) is 6.79 Å². The lowest BCUT2D eigenvalue weighted by atomic mass is 9.57. The van der Waals surface area contributed by atoms with E-state index < -0.39 is 0 Å². The molecule has 0 aromatic rings. The van der Waals surface area contributed by atoms with Crippen LogP contribution >= 0.6 is 0 Å². The highest BCUT2D eigenvalue weighted by Gasteiger charge is 2.80. The lowest BCUT2D eigenvalue weighted by Crippen LogP contribution is -2.44. The highest BCUT2D eigenvalue weighted by Crippen LogP contribution is 2.81. The predicted octanol–water partition coefficient (Wildman–Crippen LogP) is 2.02. The molecule has 18 heavy (non-hydrogen) atoms. The smallest absolute Gasteiger partial charge is 0.315 e. The van der Waals surface area contributed by atoms with Gasteiger partial charge in [0, 0.05) is 6.42 Å². The van der Waals surface area contributed by atoms with Crippen LogP contribution in [0, 0.1) is 22.7 Å². The molecular formula is C14H18O4. The number of ether oxygens (including phenoxy) is 2. The zero-order valence-corrected chi connectivity index (χ0v) is 10.4. The molecule has 1 saturated heterocycles. The highest BCUT2D eigenvalue weighted by molar-refractivity contribution is 5.84. The minimum atomic E-state index is -0.248. The molecule has 1 heterocycles. The summed E-state index contributed by atoms with van der Waals surface area (Å²) in [6, 6.07) is 0. The largest absolute Gasteiger partial charge is 0.428 e. The SMILES string of the molecule is O=C1CC[C@]23C[C@]2(C(=O)OCO1)C1CCC3CC1. The number of carbonyl (C=O) groups is 2. The van der Waals surface area contributed by atoms with E-state index in [9.17, 15) is 9.59 Å². The van der Waals surface area contributed by atoms with Crippen LogP contribution in [0.3, 0.4) is 0 Å². The summed E-state index contributed by atoms with van der Waals surface area (Å²) in [5.74, 6) is 0.803. The summed E-state index contributed by atoms with van der Waals surface area (Å²) < 4.78 is 10.1. The van der Waals surface area contributed by atoms with Crippen molar-refractivity contribution in [3.05, 3.63) is 0 Å². The molecular weight excluding hydrogens is 232 g/mol. The Morgan fingerprint density at radius 2 is 1.72 bits per heavy atom. The van der Waals surface area contributed by atoms with Gasteiger partial charge in [0.05, 0.1) is 5.41 Å². The van der Waals surface area contributed by atoms with Gasteiger partial charge in [0.25, 0.3) is 0 Å². The topological polar surface area (TPSA) is 52.6 Å². The quantitative estimate of drug-likeness (QED) is 0.617. The van der Waals surface area contributed by atoms with Gasteiger partial charge in [0.1, 0.15) is 0 Å². The minimum Gasteiger partial charge on any atom is -0.428 e. The summed E-state index contributed by atoms with van der Waals surface area (Å²) >= 11 is 0. The van der Waals surface area contributed by atoms with Crippen LogP contribution in [-0.4, -0.2) is 18.7 Å². The van der Waals surface area contributed by atoms with Crippen molar-refractivity contribution in [3.8, 4) is 0 Å². The van der Waals surface area contributed by atoms with Gasteiger partial charge in [0.15, 0.2) is 0 Å². The Balaban J connectivity index is 1.74. The molecule has 4 heteroatoms. The maximum absolute atomic E-state index is 12.4. The Hall–Kier alpha value is -1.06. The number of fused-ring (bicyclic) bond motifs is 2. The van der Waals surface area contributed by atoms with E-state index in [0.717, 1.165) is 25.7 Å². The Bertz CT molecular complexity index is 424. The van der Waals surface area contributed by atoms with Gasteiger partial charge in [-0.2, -0.15) is 0 Å². The van der Waals surface area contributed by atoms with Gasteiger partial charge in [-0.3, -0.25) is 9.59 Å². The number of cyclic esters (lactones) is 2. The first-order valence-electron chi connectivity index (χ1n) is 7.02. The third-order valence-electron chi connectivity index (χ3n) is 6.11. The van der Waals surface area contributed by atoms with Crippen LogP contribution in [-0.2, 0) is 19.1 Å². The molecule has 0 aromatic heterocycles. The molecule has 4 aliphatic carbocycles. The normalized spacial score (nSPS) is 50.0. The number of rotatable bonds is 0. The lowest BCUT2D eigenvalue weighted by Gasteiger charge is -2.46. The number of hydrogen-bond donors (Lipinski definition) is 0. The molecule has 0 N–H and O–H groups in total. The summed E-state index contributed by atoms with van der Waals surface area (Å²) in [5, 5.41) is 0. The molecule has 4 saturated carbocycles. The third kappa shape index (κ3) is 1.08. The molecule has 0 aromatic carbocycles. The van der Waals surface area contributed by atoms with Crippen molar-refractivity contribution in [2.24, 2.45) is 22.7 Å². The first kappa shape index (κ1) is 10.8. The van der Waals surface area contributed by atoms with Gasteiger partial charge in [-0.15, -0.1) is 0 Å². The van der Waals surface area contributed by atoms with Crippen LogP contribution in [0.15, 0.2) is 0 Å². The van der Waals surface area contributed by atoms with E-state index in [2.05, 4.69) is 0 Å². The van der Waals surface area contributed by atoms with E-state index in [0.29, 0.717) is 18.3 Å². The minimum absolute atomic E-state index is 0.0780. The molecule has 1 aliphatic heterocycles. The van der Waals surface area contributed by atoms with Crippen LogP contribution in [0.4, 0.5) is 0 Å². The van der Waals surface area contributed by atoms with Gasteiger partial charge in [-0.25, -0.2) is 0 Å². The first-order chi connectivity index (χ1) is 8.69. The van der Waals surface area contributed by atoms with Crippen molar-refractivity contribution < 1.29 is 19.1 Å². The number of esters is 2. The fourth-order valence-corrected chi connectivity index (χ4v) is 5.28. The molecule has 5 rings (SSSR count).